The number of nitrogens with zero attached hydrogens (tertiary/aromatic N) is 4. The molecule has 4 aromatic rings. The van der Waals surface area contributed by atoms with E-state index in [9.17, 15) is 10.1 Å². The Kier molecular flexibility index (Phi) is 6.11. The minimum atomic E-state index is -0.661. The van der Waals surface area contributed by atoms with Crippen LogP contribution >= 0.6 is 0 Å². The molecule has 2 aromatic heterocycles. The predicted molar refractivity (Wildman–Crippen MR) is 136 cm³/mol. The van der Waals surface area contributed by atoms with Gasteiger partial charge in [0.2, 0.25) is 17.7 Å². The fraction of sp³-hybridized carbons (Fsp3) is 0.185. The Bertz CT molecular complexity index is 1530. The molecule has 2 aromatic carbocycles. The van der Waals surface area contributed by atoms with E-state index in [1.165, 1.54) is 4.68 Å². The van der Waals surface area contributed by atoms with Gasteiger partial charge in [-0.1, -0.05) is 30.3 Å². The van der Waals surface area contributed by atoms with Crippen LogP contribution in [0, 0.1) is 11.3 Å². The summed E-state index contributed by atoms with van der Waals surface area (Å²) >= 11 is 0. The van der Waals surface area contributed by atoms with E-state index in [4.69, 9.17) is 20.9 Å². The molecule has 5 N–H and O–H groups in total. The van der Waals surface area contributed by atoms with E-state index in [-0.39, 0.29) is 30.0 Å². The van der Waals surface area contributed by atoms with Crippen molar-refractivity contribution in [2.45, 2.75) is 32.4 Å². The Balaban J connectivity index is 1.69. The number of amides is 1. The highest BCUT2D eigenvalue weighted by atomic mass is 16.5. The Morgan fingerprint density at radius 3 is 2.57 bits per heavy atom. The predicted octanol–water partition coefficient (Wildman–Crippen LogP) is 3.43. The molecule has 186 valence electrons. The summed E-state index contributed by atoms with van der Waals surface area (Å²) in [5, 5.41) is 22.2. The topological polar surface area (TPSA) is 158 Å². The third-order valence-corrected chi connectivity index (χ3v) is 5.92. The summed E-state index contributed by atoms with van der Waals surface area (Å²) in [6, 6.07) is 19.3. The van der Waals surface area contributed by atoms with Crippen LogP contribution in [0.1, 0.15) is 30.9 Å². The van der Waals surface area contributed by atoms with Crippen LogP contribution < -0.4 is 20.9 Å². The van der Waals surface area contributed by atoms with Crippen molar-refractivity contribution >= 4 is 5.91 Å². The van der Waals surface area contributed by atoms with Gasteiger partial charge >= 0.3 is 0 Å². The lowest BCUT2D eigenvalue weighted by molar-refractivity contribution is -0.118. The van der Waals surface area contributed by atoms with Gasteiger partial charge in [-0.25, -0.2) is 0 Å². The Morgan fingerprint density at radius 2 is 1.92 bits per heavy atom. The van der Waals surface area contributed by atoms with E-state index in [0.717, 1.165) is 16.9 Å². The van der Waals surface area contributed by atoms with Crippen LogP contribution in [-0.2, 0) is 11.3 Å². The number of carbonyl (C=O) groups excluding carboxylic acids is 1. The lowest BCUT2D eigenvalue weighted by atomic mass is 9.82. The summed E-state index contributed by atoms with van der Waals surface area (Å²) in [5.74, 6) is -0.238. The fourth-order valence-corrected chi connectivity index (χ4v) is 4.46. The molecule has 1 amide bonds. The molecule has 37 heavy (non-hydrogen) atoms. The number of ether oxygens (including phenoxy) is 2. The summed E-state index contributed by atoms with van der Waals surface area (Å²) in [7, 11) is 0. The monoisotopic (exact) mass is 495 g/mol. The molecular weight excluding hydrogens is 470 g/mol. The van der Waals surface area contributed by atoms with Crippen LogP contribution in [0.25, 0.3) is 22.5 Å². The summed E-state index contributed by atoms with van der Waals surface area (Å²) in [6.45, 7) is 3.81. The second-order valence-electron chi connectivity index (χ2n) is 8.90. The van der Waals surface area contributed by atoms with Crippen molar-refractivity contribution in [2.24, 2.45) is 11.5 Å². The van der Waals surface area contributed by atoms with Crippen LogP contribution in [0.3, 0.4) is 0 Å². The number of primary amides is 1. The van der Waals surface area contributed by atoms with Gasteiger partial charge in [-0.3, -0.25) is 14.6 Å². The lowest BCUT2D eigenvalue weighted by Gasteiger charge is -2.24. The molecular formula is C27H25N7O3. The van der Waals surface area contributed by atoms with E-state index in [1.807, 2.05) is 68.4 Å². The number of carbonyl (C=O) groups is 1. The highest BCUT2D eigenvalue weighted by molar-refractivity contribution is 5.76. The van der Waals surface area contributed by atoms with E-state index in [1.54, 1.807) is 6.20 Å². The molecule has 0 saturated carbocycles. The molecule has 5 rings (SSSR count). The van der Waals surface area contributed by atoms with Gasteiger partial charge in [0.05, 0.1) is 29.0 Å². The number of hydrogen-bond donors (Lipinski definition) is 3. The SMILES string of the molecule is CC(C)Oc1ccc(-c2[nH]nc3c2[C@@H](c2cn(CC(N)=O)nc2-c2ccccc2)C(C#N)=C(N)O3)cc1. The molecule has 10 heteroatoms. The Morgan fingerprint density at radius 1 is 1.19 bits per heavy atom. The van der Waals surface area contributed by atoms with Crippen LogP contribution in [-0.4, -0.2) is 32.0 Å². The van der Waals surface area contributed by atoms with Gasteiger partial charge in [0, 0.05) is 22.9 Å². The van der Waals surface area contributed by atoms with Crippen molar-refractivity contribution in [1.29, 1.82) is 5.26 Å². The first-order valence-corrected chi connectivity index (χ1v) is 11.7. The standard InChI is InChI=1S/C27H25N7O3/c1-15(2)36-18-10-8-17(9-11-18)25-23-22(19(12-28)26(30)37-27(23)32-31-25)20-13-34(14-21(29)35)33-24(20)16-6-4-3-5-7-16/h3-11,13,15,22H,14,30H2,1-2H3,(H2,29,35)(H,31,32)/t22-/m1/s1. The van der Waals surface area contributed by atoms with Crippen LogP contribution in [0.15, 0.2) is 72.3 Å². The minimum Gasteiger partial charge on any atom is -0.491 e. The zero-order valence-electron chi connectivity index (χ0n) is 20.3. The summed E-state index contributed by atoms with van der Waals surface area (Å²) in [6.07, 6.45) is 1.76. The molecule has 0 aliphatic carbocycles. The minimum absolute atomic E-state index is 0.0413. The third kappa shape index (κ3) is 4.50. The highest BCUT2D eigenvalue weighted by Crippen LogP contribution is 2.47. The van der Waals surface area contributed by atoms with E-state index < -0.39 is 11.8 Å². The van der Waals surface area contributed by atoms with Crippen LogP contribution in [0.5, 0.6) is 11.6 Å². The molecule has 0 fully saturated rings. The quantitative estimate of drug-likeness (QED) is 0.354. The first kappa shape index (κ1) is 23.7. The third-order valence-electron chi connectivity index (χ3n) is 5.92. The summed E-state index contributed by atoms with van der Waals surface area (Å²) in [4.78, 5) is 11.7. The van der Waals surface area contributed by atoms with Crippen molar-refractivity contribution in [1.82, 2.24) is 20.0 Å². The number of nitrogens with two attached hydrogens (primary N) is 2. The number of allylic oxidation sites excluding steroid dienone is 1. The lowest BCUT2D eigenvalue weighted by Crippen LogP contribution is -2.21. The second-order valence-corrected chi connectivity index (χ2v) is 8.90. The van der Waals surface area contributed by atoms with E-state index in [0.29, 0.717) is 22.5 Å². The number of nitrogens with one attached hydrogen (secondary N) is 1. The van der Waals surface area contributed by atoms with Gasteiger partial charge in [0.15, 0.2) is 0 Å². The number of fused-ring (bicyclic) bond motifs is 1. The van der Waals surface area contributed by atoms with E-state index in [2.05, 4.69) is 21.4 Å². The zero-order chi connectivity index (χ0) is 26.1. The molecule has 1 aliphatic heterocycles. The molecule has 0 radical (unpaired) electrons. The number of hydrogen-bond acceptors (Lipinski definition) is 7. The number of aromatic amines is 1. The molecule has 0 spiro atoms. The Hall–Kier alpha value is -5.04. The molecule has 0 unspecified atom stereocenters. The fourth-order valence-electron chi connectivity index (χ4n) is 4.46. The van der Waals surface area contributed by atoms with E-state index >= 15 is 0 Å². The first-order chi connectivity index (χ1) is 17.9. The number of nitriles is 1. The summed E-state index contributed by atoms with van der Waals surface area (Å²) < 4.78 is 13.0. The molecule has 0 bridgehead atoms. The second kappa shape index (κ2) is 9.54. The molecule has 1 atom stereocenters. The van der Waals surface area contributed by atoms with Gasteiger partial charge in [-0.15, -0.1) is 5.10 Å². The molecule has 0 saturated heterocycles. The van der Waals surface area contributed by atoms with Crippen molar-refractivity contribution < 1.29 is 14.3 Å². The first-order valence-electron chi connectivity index (χ1n) is 11.7. The van der Waals surface area contributed by atoms with Gasteiger partial charge in [0.1, 0.15) is 23.9 Å². The Labute approximate surface area is 213 Å². The maximum atomic E-state index is 11.7. The van der Waals surface area contributed by atoms with Gasteiger partial charge in [-0.2, -0.15) is 10.4 Å². The van der Waals surface area contributed by atoms with Crippen LogP contribution in [0.4, 0.5) is 0 Å². The average molecular weight is 496 g/mol. The largest absolute Gasteiger partial charge is 0.491 e. The molecule has 10 nitrogen and oxygen atoms in total. The smallest absolute Gasteiger partial charge is 0.244 e. The maximum absolute atomic E-state index is 11.7. The van der Waals surface area contributed by atoms with Crippen molar-refractivity contribution in [3.8, 4) is 40.2 Å². The maximum Gasteiger partial charge on any atom is 0.244 e. The number of aromatic nitrogens is 4. The number of H-pyrrole nitrogens is 1. The van der Waals surface area contributed by atoms with Crippen molar-refractivity contribution in [2.75, 3.05) is 0 Å². The number of benzene rings is 2. The highest BCUT2D eigenvalue weighted by Gasteiger charge is 2.38. The van der Waals surface area contributed by atoms with Gasteiger partial charge in [0.25, 0.3) is 0 Å². The van der Waals surface area contributed by atoms with Gasteiger partial charge < -0.3 is 20.9 Å². The normalized spacial score (nSPS) is 14.7. The van der Waals surface area contributed by atoms with Crippen molar-refractivity contribution in [3.63, 3.8) is 0 Å². The summed E-state index contributed by atoms with van der Waals surface area (Å²) in [5.41, 5.74) is 16.0. The van der Waals surface area contributed by atoms with Crippen LogP contribution in [0.2, 0.25) is 0 Å². The zero-order valence-corrected chi connectivity index (χ0v) is 20.3. The van der Waals surface area contributed by atoms with Crippen molar-refractivity contribution in [3.05, 3.63) is 83.4 Å². The number of rotatable bonds is 7. The van der Waals surface area contributed by atoms with Gasteiger partial charge in [-0.05, 0) is 38.1 Å². The molecule has 1 aliphatic rings. The average Bonchev–Trinajstić information content (AvgIpc) is 3.47. The molecule has 3 heterocycles.